The molecule has 182 valence electrons. The van der Waals surface area contributed by atoms with E-state index in [2.05, 4.69) is 31.6 Å². The van der Waals surface area contributed by atoms with E-state index in [1.54, 1.807) is 34.0 Å². The van der Waals surface area contributed by atoms with Gasteiger partial charge in [0.25, 0.3) is 0 Å². The van der Waals surface area contributed by atoms with Crippen molar-refractivity contribution >= 4 is 33.1 Å². The molecule has 0 amide bonds. The van der Waals surface area contributed by atoms with Gasteiger partial charge < -0.3 is 10.0 Å². The van der Waals surface area contributed by atoms with Gasteiger partial charge in [-0.25, -0.2) is 18.2 Å². The van der Waals surface area contributed by atoms with Crippen molar-refractivity contribution in [3.63, 3.8) is 0 Å². The first kappa shape index (κ1) is 25.4. The van der Waals surface area contributed by atoms with Crippen LogP contribution in [0.15, 0.2) is 40.1 Å². The van der Waals surface area contributed by atoms with E-state index in [9.17, 15) is 21.6 Å². The maximum absolute atomic E-state index is 13.4. The highest BCUT2D eigenvalue weighted by atomic mass is 32.2. The molecule has 8 nitrogen and oxygen atoms in total. The first-order valence-corrected chi connectivity index (χ1v) is 12.5. The molecule has 0 saturated carbocycles. The highest BCUT2D eigenvalue weighted by Crippen LogP contribution is 2.37. The lowest BCUT2D eigenvalue weighted by molar-refractivity contribution is -0.192. The molecule has 0 aliphatic carbocycles. The van der Waals surface area contributed by atoms with Crippen molar-refractivity contribution in [1.82, 2.24) is 14.2 Å². The number of halogens is 3. The number of hydrogen-bond acceptors (Lipinski definition) is 7. The van der Waals surface area contributed by atoms with Crippen LogP contribution in [-0.2, 0) is 21.4 Å². The first-order valence-electron chi connectivity index (χ1n) is 10.1. The molecule has 0 radical (unpaired) electrons. The van der Waals surface area contributed by atoms with E-state index in [4.69, 9.17) is 9.90 Å². The number of pyridine rings is 1. The van der Waals surface area contributed by atoms with Gasteiger partial charge >= 0.3 is 12.1 Å². The van der Waals surface area contributed by atoms with E-state index in [1.165, 1.54) is 5.56 Å². The Morgan fingerprint density at radius 3 is 2.45 bits per heavy atom. The SMILES string of the molecule is CC(C)N1C2CN(Cc3ccsc3)CC2N(C)c2ncccc2S1(=O)=O.O=C(O)C(F)(F)F. The number of hydrogen-bond donors (Lipinski definition) is 1. The van der Waals surface area contributed by atoms with Crippen molar-refractivity contribution in [1.29, 1.82) is 0 Å². The summed E-state index contributed by atoms with van der Waals surface area (Å²) in [6, 6.07) is 5.41. The smallest absolute Gasteiger partial charge is 0.475 e. The molecule has 0 spiro atoms. The summed E-state index contributed by atoms with van der Waals surface area (Å²) in [7, 11) is -1.62. The van der Waals surface area contributed by atoms with Gasteiger partial charge in [-0.05, 0) is 48.4 Å². The molecule has 2 atom stereocenters. The van der Waals surface area contributed by atoms with Gasteiger partial charge in [0.2, 0.25) is 10.0 Å². The van der Waals surface area contributed by atoms with Gasteiger partial charge in [0.05, 0.1) is 12.1 Å². The molecule has 2 aromatic heterocycles. The number of carboxylic acids is 1. The normalized spacial score (nSPS) is 22.8. The number of aliphatic carboxylic acids is 1. The topological polar surface area (TPSA) is 94.0 Å². The predicted octanol–water partition coefficient (Wildman–Crippen LogP) is 2.88. The van der Waals surface area contributed by atoms with E-state index in [1.807, 2.05) is 20.9 Å². The number of sulfonamides is 1. The number of fused-ring (bicyclic) bond motifs is 2. The second kappa shape index (κ2) is 9.57. The first-order chi connectivity index (χ1) is 15.3. The number of carbonyl (C=O) groups is 1. The number of carboxylic acid groups (broad SMARTS) is 1. The Morgan fingerprint density at radius 1 is 1.27 bits per heavy atom. The van der Waals surface area contributed by atoms with Gasteiger partial charge in [0.15, 0.2) is 0 Å². The van der Waals surface area contributed by atoms with Crippen molar-refractivity contribution in [2.75, 3.05) is 25.0 Å². The zero-order valence-corrected chi connectivity index (χ0v) is 19.9. The van der Waals surface area contributed by atoms with E-state index in [0.717, 1.165) is 19.6 Å². The Labute approximate surface area is 194 Å². The average molecular weight is 507 g/mol. The van der Waals surface area contributed by atoms with Crippen LogP contribution >= 0.6 is 11.3 Å². The summed E-state index contributed by atoms with van der Waals surface area (Å²) in [5, 5.41) is 11.4. The fourth-order valence-corrected chi connectivity index (χ4v) is 6.89. The van der Waals surface area contributed by atoms with Crippen molar-refractivity contribution in [2.24, 2.45) is 0 Å². The van der Waals surface area contributed by atoms with E-state index in [0.29, 0.717) is 10.7 Å². The van der Waals surface area contributed by atoms with Crippen molar-refractivity contribution in [3.05, 3.63) is 40.7 Å². The Hall–Kier alpha value is -2.22. The number of rotatable bonds is 3. The third kappa shape index (κ3) is 5.31. The summed E-state index contributed by atoms with van der Waals surface area (Å²) in [5.41, 5.74) is 1.28. The molecule has 1 saturated heterocycles. The molecule has 33 heavy (non-hydrogen) atoms. The molecule has 2 aliphatic heterocycles. The van der Waals surface area contributed by atoms with Crippen molar-refractivity contribution in [3.8, 4) is 0 Å². The average Bonchev–Trinajstić information content (AvgIpc) is 3.36. The Balaban J connectivity index is 0.000000383. The van der Waals surface area contributed by atoms with Crippen LogP contribution in [0.5, 0.6) is 0 Å². The molecule has 2 aliphatic rings. The molecule has 2 unspecified atom stereocenters. The highest BCUT2D eigenvalue weighted by molar-refractivity contribution is 7.89. The number of aromatic nitrogens is 1. The van der Waals surface area contributed by atoms with E-state index in [-0.39, 0.29) is 18.1 Å². The van der Waals surface area contributed by atoms with E-state index >= 15 is 0 Å². The van der Waals surface area contributed by atoms with Crippen LogP contribution in [0.3, 0.4) is 0 Å². The van der Waals surface area contributed by atoms with E-state index < -0.39 is 22.2 Å². The molecule has 0 bridgehead atoms. The molecule has 1 N–H and O–H groups in total. The molecule has 1 fully saturated rings. The minimum atomic E-state index is -5.08. The summed E-state index contributed by atoms with van der Waals surface area (Å²) in [4.78, 5) is 18.0. The third-order valence-electron chi connectivity index (χ3n) is 5.54. The minimum Gasteiger partial charge on any atom is -0.475 e. The molecule has 2 aromatic rings. The Kier molecular flexibility index (Phi) is 7.36. The van der Waals surface area contributed by atoms with Crippen LogP contribution in [0.4, 0.5) is 19.0 Å². The number of likely N-dealkylation sites (tertiary alicyclic amines) is 1. The second-order valence-corrected chi connectivity index (χ2v) is 10.7. The summed E-state index contributed by atoms with van der Waals surface area (Å²) in [6.45, 7) is 6.32. The number of anilines is 1. The monoisotopic (exact) mass is 506 g/mol. The number of nitrogens with zero attached hydrogens (tertiary/aromatic N) is 4. The highest BCUT2D eigenvalue weighted by Gasteiger charge is 2.49. The van der Waals surface area contributed by atoms with Gasteiger partial charge in [0, 0.05) is 38.9 Å². The number of likely N-dealkylation sites (N-methyl/N-ethyl adjacent to an activating group) is 1. The quantitative estimate of drug-likeness (QED) is 0.684. The lowest BCUT2D eigenvalue weighted by atomic mass is 10.1. The van der Waals surface area contributed by atoms with Crippen LogP contribution < -0.4 is 4.90 Å². The largest absolute Gasteiger partial charge is 0.490 e. The van der Waals surface area contributed by atoms with Gasteiger partial charge in [-0.2, -0.15) is 28.8 Å². The van der Waals surface area contributed by atoms with Crippen LogP contribution in [0.2, 0.25) is 0 Å². The zero-order valence-electron chi connectivity index (χ0n) is 18.2. The Bertz CT molecular complexity index is 1080. The second-order valence-electron chi connectivity index (χ2n) is 8.13. The maximum atomic E-state index is 13.4. The number of alkyl halides is 3. The predicted molar refractivity (Wildman–Crippen MR) is 118 cm³/mol. The molecule has 0 aromatic carbocycles. The summed E-state index contributed by atoms with van der Waals surface area (Å²) >= 11 is 1.69. The van der Waals surface area contributed by atoms with Crippen molar-refractivity contribution < 1.29 is 31.5 Å². The van der Waals surface area contributed by atoms with Crippen LogP contribution in [-0.4, -0.2) is 78.1 Å². The standard InChI is InChI=1S/C18H24N4O2S2.C2HF3O2/c1-13(2)22-16-11-21(9-14-6-8-25-12-14)10-15(16)20(3)18-17(26(22,23)24)5-4-7-19-18;3-2(4,5)1(6)7/h4-8,12-13,15-16H,9-11H2,1-3H3;(H,6,7). The van der Waals surface area contributed by atoms with Crippen molar-refractivity contribution in [2.45, 2.75) is 49.6 Å². The fourth-order valence-electron chi connectivity index (χ4n) is 4.21. The molecular formula is C20H25F3N4O4S2. The van der Waals surface area contributed by atoms with Crippen LogP contribution in [0.25, 0.3) is 0 Å². The molecule has 13 heteroatoms. The lowest BCUT2D eigenvalue weighted by Crippen LogP contribution is -2.52. The third-order valence-corrected chi connectivity index (χ3v) is 8.39. The van der Waals surface area contributed by atoms with Gasteiger partial charge in [-0.3, -0.25) is 4.90 Å². The van der Waals surface area contributed by atoms with Crippen LogP contribution in [0, 0.1) is 0 Å². The summed E-state index contributed by atoms with van der Waals surface area (Å²) in [6.07, 6.45) is -3.41. The zero-order chi connectivity index (χ0) is 24.6. The van der Waals surface area contributed by atoms with Gasteiger partial charge in [-0.1, -0.05) is 0 Å². The molecule has 4 heterocycles. The number of thiophene rings is 1. The summed E-state index contributed by atoms with van der Waals surface area (Å²) < 4.78 is 60.3. The maximum Gasteiger partial charge on any atom is 0.490 e. The van der Waals surface area contributed by atoms with Crippen LogP contribution in [0.1, 0.15) is 19.4 Å². The Morgan fingerprint density at radius 2 is 1.91 bits per heavy atom. The summed E-state index contributed by atoms with van der Waals surface area (Å²) in [5.74, 6) is -2.20. The lowest BCUT2D eigenvalue weighted by Gasteiger charge is -2.34. The van der Waals surface area contributed by atoms with Gasteiger partial charge in [0.1, 0.15) is 10.7 Å². The minimum absolute atomic E-state index is 0.0851. The van der Waals surface area contributed by atoms with Gasteiger partial charge in [-0.15, -0.1) is 0 Å². The molecule has 4 rings (SSSR count). The molecular weight excluding hydrogens is 481 g/mol. The fraction of sp³-hybridized carbons (Fsp3) is 0.500.